The molecule has 0 saturated carbocycles. The average Bonchev–Trinajstić information content (AvgIpc) is 4.06. The summed E-state index contributed by atoms with van der Waals surface area (Å²) < 4.78 is 1.80. The average molecular weight is 1290 g/mol. The lowest BCUT2D eigenvalue weighted by Crippen LogP contribution is -2.59. The predicted molar refractivity (Wildman–Crippen MR) is 329 cm³/mol. The Bertz CT molecular complexity index is 2610. The van der Waals surface area contributed by atoms with Crippen LogP contribution in [0.5, 0.6) is 0 Å². The second kappa shape index (κ2) is 29.2. The number of Topliss-reactive ketones (excluding diaryl/α,β-unsaturated/α-hetero) is 2. The highest BCUT2D eigenvalue weighted by molar-refractivity contribution is 9.10. The van der Waals surface area contributed by atoms with Crippen molar-refractivity contribution >= 4 is 104 Å². The first kappa shape index (κ1) is 68.8. The number of likely N-dealkylation sites (tertiary alicyclic amines) is 2. The molecule has 81 heavy (non-hydrogen) atoms. The lowest BCUT2D eigenvalue weighted by atomic mass is 9.85. The molecule has 446 valence electrons. The molecule has 6 amide bonds. The Morgan fingerprint density at radius 2 is 0.951 bits per heavy atom. The Balaban J connectivity index is 0.00000470. The highest BCUT2D eigenvalue weighted by atomic mass is 79.9. The van der Waals surface area contributed by atoms with E-state index >= 15 is 0 Å². The third-order valence-electron chi connectivity index (χ3n) is 16.3. The molecule has 6 N–H and O–H groups in total. The van der Waals surface area contributed by atoms with E-state index in [0.717, 1.165) is 69.7 Å². The van der Waals surface area contributed by atoms with Crippen molar-refractivity contribution in [2.45, 2.75) is 175 Å². The number of aryl methyl sites for hydroxylation is 2. The van der Waals surface area contributed by atoms with Crippen LogP contribution >= 0.6 is 56.7 Å². The maximum absolute atomic E-state index is 14.8. The third-order valence-corrected chi connectivity index (χ3v) is 17.3. The molecule has 0 unspecified atom stereocenters. The van der Waals surface area contributed by atoms with Crippen LogP contribution in [0.25, 0.3) is 0 Å². The molecule has 3 aromatic carbocycles. The number of carbonyl (C=O) groups excluding carboxylic acids is 8. The van der Waals surface area contributed by atoms with Crippen LogP contribution in [0.2, 0.25) is 0 Å². The van der Waals surface area contributed by atoms with Crippen molar-refractivity contribution in [1.82, 2.24) is 41.7 Å². The van der Waals surface area contributed by atoms with Crippen LogP contribution in [-0.4, -0.2) is 120 Å². The lowest BCUT2D eigenvalue weighted by molar-refractivity contribution is -0.144. The molecule has 2 aliphatic carbocycles. The van der Waals surface area contributed by atoms with Gasteiger partial charge in [0.2, 0.25) is 35.4 Å². The van der Waals surface area contributed by atoms with Gasteiger partial charge < -0.3 is 41.7 Å². The molecule has 2 fully saturated rings. The molecule has 0 radical (unpaired) electrons. The molecule has 3 aromatic rings. The van der Waals surface area contributed by atoms with E-state index in [1.807, 2.05) is 65.8 Å². The van der Waals surface area contributed by atoms with Crippen LogP contribution in [0.4, 0.5) is 0 Å². The van der Waals surface area contributed by atoms with Crippen LogP contribution in [0.3, 0.4) is 0 Å². The van der Waals surface area contributed by atoms with Crippen molar-refractivity contribution in [2.24, 2.45) is 22.7 Å². The number of fused-ring (bicyclic) bond motifs is 2. The Morgan fingerprint density at radius 1 is 0.580 bits per heavy atom. The summed E-state index contributed by atoms with van der Waals surface area (Å²) in [6.45, 7) is 14.8. The standard InChI is InChI=1S/C60H80Br2N8O8.CH4.2ClH/c1-33(63-9)53(73)67-51(59(3,4)5)57(77)69-31-35(24-47(69)55(75)65-45-18-12-14-37-20-22-41(61)29-43(37)45)26-49(71)39-16-11-17-40(28-39)50(72)27-36-25-48(56(76)66-46-19-13-15-38-21-23-42(62)30-44(38)46)70(32-36)58(78)52(60(6,7)8)68-54(74)34(2)64-10;;;/h11,16-17,20-23,28-30,33-36,45-48,51-52,63-64H,12-15,18-19,24-27,31-32H2,1-10H3,(H,65,75)(H,66,76)(H,67,73)(H,68,74);1H4;2*1H/t33-,34-,35+,36+,45+,46+,47-,48-,51+,52+;;;/m0.../s1. The van der Waals surface area contributed by atoms with Gasteiger partial charge >= 0.3 is 0 Å². The topological polar surface area (TPSA) is 215 Å². The van der Waals surface area contributed by atoms with Crippen molar-refractivity contribution in [3.63, 3.8) is 0 Å². The highest BCUT2D eigenvalue weighted by Crippen LogP contribution is 2.37. The molecular weight excluding hydrogens is 1200 g/mol. The van der Waals surface area contributed by atoms with Gasteiger partial charge in [0.05, 0.1) is 24.2 Å². The molecule has 0 aromatic heterocycles. The van der Waals surface area contributed by atoms with Gasteiger partial charge in [-0.3, -0.25) is 38.4 Å². The molecule has 0 bridgehead atoms. The normalized spacial score (nSPS) is 21.9. The monoisotopic (exact) mass is 1290 g/mol. The van der Waals surface area contributed by atoms with Crippen LogP contribution in [0.1, 0.15) is 169 Å². The van der Waals surface area contributed by atoms with Crippen LogP contribution in [-0.2, 0) is 41.6 Å². The molecule has 10 atom stereocenters. The molecule has 16 nitrogen and oxygen atoms in total. The second-order valence-electron chi connectivity index (χ2n) is 24.3. The van der Waals surface area contributed by atoms with Gasteiger partial charge in [0.25, 0.3) is 0 Å². The quantitative estimate of drug-likeness (QED) is 0.0665. The minimum atomic E-state index is -0.973. The Labute approximate surface area is 508 Å². The minimum absolute atomic E-state index is 0. The van der Waals surface area contributed by atoms with Gasteiger partial charge in [0.1, 0.15) is 24.2 Å². The van der Waals surface area contributed by atoms with E-state index in [4.69, 9.17) is 0 Å². The number of nitrogens with one attached hydrogen (secondary N) is 6. The molecule has 2 aliphatic heterocycles. The molecule has 20 heteroatoms. The maximum Gasteiger partial charge on any atom is 0.246 e. The molecule has 0 spiro atoms. The van der Waals surface area contributed by atoms with Crippen LogP contribution in [0.15, 0.2) is 69.6 Å². The van der Waals surface area contributed by atoms with Gasteiger partial charge in [-0.25, -0.2) is 0 Å². The Kier molecular flexibility index (Phi) is 24.8. The predicted octanol–water partition coefficient (Wildman–Crippen LogP) is 8.94. The van der Waals surface area contributed by atoms with E-state index in [-0.39, 0.29) is 118 Å². The van der Waals surface area contributed by atoms with Gasteiger partial charge in [0, 0.05) is 46.0 Å². The highest BCUT2D eigenvalue weighted by Gasteiger charge is 2.48. The van der Waals surface area contributed by atoms with Gasteiger partial charge in [0.15, 0.2) is 11.6 Å². The van der Waals surface area contributed by atoms with Crippen LogP contribution < -0.4 is 31.9 Å². The number of nitrogens with zero attached hydrogens (tertiary/aromatic N) is 2. The number of benzene rings is 3. The number of hydrogen-bond acceptors (Lipinski definition) is 10. The van der Waals surface area contributed by atoms with Gasteiger partial charge in [-0.15, -0.1) is 24.8 Å². The number of rotatable bonds is 18. The Morgan fingerprint density at radius 3 is 1.30 bits per heavy atom. The maximum atomic E-state index is 14.8. The third kappa shape index (κ3) is 16.8. The number of hydrogen-bond donors (Lipinski definition) is 6. The number of amides is 6. The SMILES string of the molecule is C.CN[C@@H](C)C(=O)N[C@H](C(=O)N1C[C@@H](CC(=O)c2cccc(C(=O)C[C@H]3C[C@@H](C(=O)N[C@@H]4CCCc5ccc(Br)cc54)N(C(=O)[C@@H](NC(=O)[C@H](C)NC)C(C)(C)C)C3)c2)C[C@H]1C(=O)N[C@@H]1CCCc2ccc(Br)cc21)C(C)(C)C.Cl.Cl. The van der Waals surface area contributed by atoms with E-state index in [1.54, 1.807) is 52.2 Å². The van der Waals surface area contributed by atoms with E-state index in [0.29, 0.717) is 11.1 Å². The van der Waals surface area contributed by atoms with E-state index < -0.39 is 70.7 Å². The molecule has 2 heterocycles. The number of halogens is 4. The van der Waals surface area contributed by atoms with Crippen LogP contribution in [0, 0.1) is 22.7 Å². The summed E-state index contributed by atoms with van der Waals surface area (Å²) in [4.78, 5) is 117. The van der Waals surface area contributed by atoms with E-state index in [2.05, 4.69) is 75.9 Å². The van der Waals surface area contributed by atoms with Gasteiger partial charge in [-0.2, -0.15) is 0 Å². The van der Waals surface area contributed by atoms with Crippen molar-refractivity contribution < 1.29 is 38.4 Å². The van der Waals surface area contributed by atoms with Crippen molar-refractivity contribution in [1.29, 1.82) is 0 Å². The summed E-state index contributed by atoms with van der Waals surface area (Å²) in [5.74, 6) is -3.54. The van der Waals surface area contributed by atoms with Crippen molar-refractivity contribution in [3.8, 4) is 0 Å². The Hall–Kier alpha value is -4.72. The fourth-order valence-corrected chi connectivity index (χ4v) is 12.3. The summed E-state index contributed by atoms with van der Waals surface area (Å²) in [6.07, 6.45) is 5.41. The molecule has 4 aliphatic rings. The summed E-state index contributed by atoms with van der Waals surface area (Å²) in [5, 5.41) is 18.3. The van der Waals surface area contributed by atoms with Gasteiger partial charge in [-0.05, 0) is 155 Å². The zero-order chi connectivity index (χ0) is 57.0. The number of carbonyl (C=O) groups is 8. The van der Waals surface area contributed by atoms with Crippen molar-refractivity contribution in [2.75, 3.05) is 27.2 Å². The minimum Gasteiger partial charge on any atom is -0.347 e. The molecule has 2 saturated heterocycles. The van der Waals surface area contributed by atoms with E-state index in [9.17, 15) is 38.4 Å². The smallest absolute Gasteiger partial charge is 0.246 e. The largest absolute Gasteiger partial charge is 0.347 e. The zero-order valence-corrected chi connectivity index (χ0v) is 52.6. The first-order valence-corrected chi connectivity index (χ1v) is 29.3. The molecule has 7 rings (SSSR count). The summed E-state index contributed by atoms with van der Waals surface area (Å²) >= 11 is 7.18. The van der Waals surface area contributed by atoms with Gasteiger partial charge in [-0.1, -0.05) is 111 Å². The fraction of sp³-hybridized carbons (Fsp3) is 0.574. The van der Waals surface area contributed by atoms with Crippen molar-refractivity contribution in [3.05, 3.63) is 103 Å². The summed E-state index contributed by atoms with van der Waals surface area (Å²) in [7, 11) is 3.32. The second-order valence-corrected chi connectivity index (χ2v) is 26.1. The van der Waals surface area contributed by atoms with E-state index in [1.165, 1.54) is 9.80 Å². The number of ketones is 2. The lowest BCUT2D eigenvalue weighted by Gasteiger charge is -2.36. The zero-order valence-electron chi connectivity index (χ0n) is 47.8. The molecular formula is C61H86Br2Cl2N8O8. The summed E-state index contributed by atoms with van der Waals surface area (Å²) in [5.41, 5.74) is 3.50. The number of likely N-dealkylation sites (N-methyl/N-ethyl adjacent to an activating group) is 2. The fourth-order valence-electron chi connectivity index (χ4n) is 11.6. The first-order valence-electron chi connectivity index (χ1n) is 27.7. The first-order chi connectivity index (χ1) is 36.8. The summed E-state index contributed by atoms with van der Waals surface area (Å²) in [6, 6.07) is 13.2.